The lowest BCUT2D eigenvalue weighted by Crippen LogP contribution is -2.40. The first-order valence-corrected chi connectivity index (χ1v) is 10.4. The van der Waals surface area contributed by atoms with Crippen molar-refractivity contribution in [3.05, 3.63) is 53.3 Å². The molecular formula is C18H20ClN3O5S. The summed E-state index contributed by atoms with van der Waals surface area (Å²) >= 11 is 5.99. The number of halogens is 1. The van der Waals surface area contributed by atoms with Crippen molar-refractivity contribution >= 4 is 27.5 Å². The highest BCUT2D eigenvalue weighted by Gasteiger charge is 2.29. The molecule has 10 heteroatoms. The van der Waals surface area contributed by atoms with Crippen LogP contribution >= 0.6 is 11.6 Å². The molecule has 0 aliphatic carbocycles. The largest absolute Gasteiger partial charge is 0.482 e. The van der Waals surface area contributed by atoms with Gasteiger partial charge < -0.3 is 14.8 Å². The van der Waals surface area contributed by atoms with Crippen LogP contribution in [-0.2, 0) is 26.1 Å². The van der Waals surface area contributed by atoms with Gasteiger partial charge in [0.2, 0.25) is 10.0 Å². The monoisotopic (exact) mass is 425 g/mol. The molecule has 1 amide bonds. The lowest BCUT2D eigenvalue weighted by atomic mass is 10.3. The first-order chi connectivity index (χ1) is 13.5. The molecule has 1 saturated heterocycles. The molecule has 0 atom stereocenters. The van der Waals surface area contributed by atoms with E-state index in [0.29, 0.717) is 19.8 Å². The molecule has 1 aliphatic rings. The van der Waals surface area contributed by atoms with Crippen molar-refractivity contribution in [2.45, 2.75) is 11.4 Å². The van der Waals surface area contributed by atoms with Crippen LogP contribution in [0.4, 0.5) is 0 Å². The number of amides is 1. The van der Waals surface area contributed by atoms with Crippen molar-refractivity contribution in [1.29, 1.82) is 0 Å². The molecular weight excluding hydrogens is 406 g/mol. The zero-order chi connectivity index (χ0) is 20.0. The van der Waals surface area contributed by atoms with Gasteiger partial charge in [0.1, 0.15) is 10.6 Å². The van der Waals surface area contributed by atoms with Crippen molar-refractivity contribution < 1.29 is 22.7 Å². The van der Waals surface area contributed by atoms with E-state index in [1.54, 1.807) is 18.5 Å². The molecule has 1 N–H and O–H groups in total. The van der Waals surface area contributed by atoms with Crippen LogP contribution in [0, 0.1) is 0 Å². The molecule has 0 bridgehead atoms. The fraction of sp³-hybridized carbons (Fsp3) is 0.333. The molecule has 28 heavy (non-hydrogen) atoms. The van der Waals surface area contributed by atoms with Gasteiger partial charge in [0.15, 0.2) is 6.61 Å². The predicted octanol–water partition coefficient (Wildman–Crippen LogP) is 1.45. The van der Waals surface area contributed by atoms with Gasteiger partial charge in [-0.25, -0.2) is 8.42 Å². The number of carbonyl (C=O) groups excluding carboxylic acids is 1. The normalized spacial score (nSPS) is 15.2. The van der Waals surface area contributed by atoms with Crippen LogP contribution in [0.5, 0.6) is 5.75 Å². The quantitative estimate of drug-likeness (QED) is 0.721. The summed E-state index contributed by atoms with van der Waals surface area (Å²) in [5, 5.41) is 2.96. The Balaban J connectivity index is 1.67. The molecule has 1 aliphatic heterocycles. The first kappa shape index (κ1) is 20.5. The van der Waals surface area contributed by atoms with E-state index in [0.717, 1.165) is 5.56 Å². The Hall–Kier alpha value is -2.20. The molecule has 1 fully saturated rings. The lowest BCUT2D eigenvalue weighted by molar-refractivity contribution is -0.123. The van der Waals surface area contributed by atoms with Gasteiger partial charge in [0.05, 0.1) is 13.2 Å². The number of hydrogen-bond acceptors (Lipinski definition) is 6. The van der Waals surface area contributed by atoms with Crippen LogP contribution in [-0.4, -0.2) is 56.5 Å². The first-order valence-electron chi connectivity index (χ1n) is 8.62. The molecule has 0 radical (unpaired) electrons. The SMILES string of the molecule is O=C(COc1ccc(Cl)cc1S(=O)(=O)N1CCOCC1)NCc1cccnc1. The van der Waals surface area contributed by atoms with Crippen LogP contribution in [0.3, 0.4) is 0 Å². The van der Waals surface area contributed by atoms with Gasteiger partial charge in [-0.3, -0.25) is 9.78 Å². The lowest BCUT2D eigenvalue weighted by Gasteiger charge is -2.26. The Morgan fingerprint density at radius 2 is 2.07 bits per heavy atom. The van der Waals surface area contributed by atoms with Gasteiger partial charge in [-0.2, -0.15) is 4.31 Å². The summed E-state index contributed by atoms with van der Waals surface area (Å²) in [5.74, 6) is -0.305. The van der Waals surface area contributed by atoms with E-state index in [-0.39, 0.29) is 41.3 Å². The van der Waals surface area contributed by atoms with Crippen molar-refractivity contribution in [1.82, 2.24) is 14.6 Å². The molecule has 3 rings (SSSR count). The van der Waals surface area contributed by atoms with Gasteiger partial charge in [0, 0.05) is 37.1 Å². The Morgan fingerprint density at radius 1 is 1.29 bits per heavy atom. The number of aromatic nitrogens is 1. The highest BCUT2D eigenvalue weighted by Crippen LogP contribution is 2.30. The van der Waals surface area contributed by atoms with Crippen LogP contribution in [0.25, 0.3) is 0 Å². The average molecular weight is 426 g/mol. The van der Waals surface area contributed by atoms with Crippen LogP contribution < -0.4 is 10.1 Å². The Morgan fingerprint density at radius 3 is 2.79 bits per heavy atom. The smallest absolute Gasteiger partial charge is 0.258 e. The topological polar surface area (TPSA) is 97.8 Å². The maximum Gasteiger partial charge on any atom is 0.258 e. The molecule has 0 saturated carbocycles. The van der Waals surface area contributed by atoms with E-state index in [1.807, 2.05) is 6.07 Å². The van der Waals surface area contributed by atoms with E-state index >= 15 is 0 Å². The van der Waals surface area contributed by atoms with Crippen molar-refractivity contribution in [2.75, 3.05) is 32.9 Å². The number of rotatable bonds is 7. The van der Waals surface area contributed by atoms with E-state index in [4.69, 9.17) is 21.1 Å². The van der Waals surface area contributed by atoms with E-state index in [1.165, 1.54) is 22.5 Å². The average Bonchev–Trinajstić information content (AvgIpc) is 2.72. The van der Waals surface area contributed by atoms with Gasteiger partial charge >= 0.3 is 0 Å². The second kappa shape index (κ2) is 9.33. The van der Waals surface area contributed by atoms with Crippen molar-refractivity contribution in [2.24, 2.45) is 0 Å². The molecule has 1 aromatic heterocycles. The predicted molar refractivity (Wildman–Crippen MR) is 103 cm³/mol. The minimum absolute atomic E-state index is 0.0676. The van der Waals surface area contributed by atoms with Gasteiger partial charge in [-0.15, -0.1) is 0 Å². The molecule has 0 unspecified atom stereocenters. The number of hydrogen-bond donors (Lipinski definition) is 1. The van der Waals surface area contributed by atoms with Crippen LogP contribution in [0.15, 0.2) is 47.6 Å². The zero-order valence-electron chi connectivity index (χ0n) is 15.0. The molecule has 2 aromatic rings. The van der Waals surface area contributed by atoms with Crippen LogP contribution in [0.2, 0.25) is 5.02 Å². The summed E-state index contributed by atoms with van der Waals surface area (Å²) in [7, 11) is -3.81. The Kier molecular flexibility index (Phi) is 6.84. The van der Waals surface area contributed by atoms with E-state index in [2.05, 4.69) is 10.3 Å². The summed E-state index contributed by atoms with van der Waals surface area (Å²) in [4.78, 5) is 16.0. The fourth-order valence-electron chi connectivity index (χ4n) is 2.63. The number of ether oxygens (including phenoxy) is 2. The summed E-state index contributed by atoms with van der Waals surface area (Å²) in [5.41, 5.74) is 0.845. The highest BCUT2D eigenvalue weighted by molar-refractivity contribution is 7.89. The summed E-state index contributed by atoms with van der Waals surface area (Å²) in [6.45, 7) is 1.13. The number of morpholine rings is 1. The second-order valence-electron chi connectivity index (χ2n) is 6.03. The van der Waals surface area contributed by atoms with Gasteiger partial charge in [-0.1, -0.05) is 17.7 Å². The standard InChI is InChI=1S/C18H20ClN3O5S/c19-15-3-4-16(17(10-15)28(24,25)22-6-8-26-9-7-22)27-13-18(23)21-12-14-2-1-5-20-11-14/h1-5,10-11H,6-9,12-13H2,(H,21,23). The highest BCUT2D eigenvalue weighted by atomic mass is 35.5. The molecule has 0 spiro atoms. The number of sulfonamides is 1. The third-order valence-electron chi connectivity index (χ3n) is 4.06. The second-order valence-corrected chi connectivity index (χ2v) is 8.38. The maximum absolute atomic E-state index is 12.9. The molecule has 2 heterocycles. The number of pyridine rings is 1. The van der Waals surface area contributed by atoms with Crippen molar-refractivity contribution in [3.63, 3.8) is 0 Å². The Labute approximate surface area is 168 Å². The Bertz CT molecular complexity index is 918. The summed E-state index contributed by atoms with van der Waals surface area (Å²) < 4.78 is 37.9. The van der Waals surface area contributed by atoms with Crippen molar-refractivity contribution in [3.8, 4) is 5.75 Å². The molecule has 8 nitrogen and oxygen atoms in total. The minimum atomic E-state index is -3.81. The van der Waals surface area contributed by atoms with E-state index in [9.17, 15) is 13.2 Å². The third-order valence-corrected chi connectivity index (χ3v) is 6.22. The van der Waals surface area contributed by atoms with Crippen LogP contribution in [0.1, 0.15) is 5.56 Å². The summed E-state index contributed by atoms with van der Waals surface area (Å²) in [6, 6.07) is 7.90. The number of nitrogens with one attached hydrogen (secondary N) is 1. The summed E-state index contributed by atoms with van der Waals surface area (Å²) in [6.07, 6.45) is 3.29. The van der Waals surface area contributed by atoms with Gasteiger partial charge in [0.25, 0.3) is 5.91 Å². The number of nitrogens with zero attached hydrogens (tertiary/aromatic N) is 2. The fourth-order valence-corrected chi connectivity index (χ4v) is 4.43. The van der Waals surface area contributed by atoms with Gasteiger partial charge in [-0.05, 0) is 29.8 Å². The van der Waals surface area contributed by atoms with E-state index < -0.39 is 10.0 Å². The number of benzene rings is 1. The molecule has 1 aromatic carbocycles. The maximum atomic E-state index is 12.9. The molecule has 150 valence electrons. The number of carbonyl (C=O) groups is 1. The zero-order valence-corrected chi connectivity index (χ0v) is 16.6. The minimum Gasteiger partial charge on any atom is -0.482 e. The third kappa shape index (κ3) is 5.20.